The minimum absolute atomic E-state index is 0.194. The van der Waals surface area contributed by atoms with Crippen molar-refractivity contribution in [2.75, 3.05) is 12.4 Å². The summed E-state index contributed by atoms with van der Waals surface area (Å²) in [5.74, 6) is -0.194. The number of ether oxygens (including phenoxy) is 1. The Balaban J connectivity index is 1.97. The van der Waals surface area contributed by atoms with Crippen LogP contribution in [-0.2, 0) is 22.5 Å². The highest BCUT2D eigenvalue weighted by Gasteiger charge is 2.07. The van der Waals surface area contributed by atoms with E-state index in [1.807, 2.05) is 6.07 Å². The molecule has 0 spiro atoms. The van der Waals surface area contributed by atoms with E-state index in [0.717, 1.165) is 17.1 Å². The maximum absolute atomic E-state index is 11.2. The van der Waals surface area contributed by atoms with Crippen molar-refractivity contribution >= 4 is 23.0 Å². The number of methoxy groups -OCH3 is 1. The van der Waals surface area contributed by atoms with Gasteiger partial charge in [-0.3, -0.25) is 4.79 Å². The van der Waals surface area contributed by atoms with E-state index in [0.29, 0.717) is 6.42 Å². The fourth-order valence-electron chi connectivity index (χ4n) is 1.95. The lowest BCUT2D eigenvalue weighted by molar-refractivity contribution is -0.139. The summed E-state index contributed by atoms with van der Waals surface area (Å²) >= 11 is 1.64. The van der Waals surface area contributed by atoms with Gasteiger partial charge in [0.05, 0.1) is 13.5 Å². The Morgan fingerprint density at radius 3 is 2.70 bits per heavy atom. The number of rotatable bonds is 5. The molecule has 3 nitrogen and oxygen atoms in total. The second-order valence-electron chi connectivity index (χ2n) is 4.72. The van der Waals surface area contributed by atoms with E-state index in [1.54, 1.807) is 11.3 Å². The van der Waals surface area contributed by atoms with Gasteiger partial charge in [0.25, 0.3) is 0 Å². The first-order chi connectivity index (χ1) is 9.60. The van der Waals surface area contributed by atoms with Gasteiger partial charge in [0, 0.05) is 22.0 Å². The highest BCUT2D eigenvalue weighted by Crippen LogP contribution is 2.22. The van der Waals surface area contributed by atoms with Crippen LogP contribution in [-0.4, -0.2) is 13.1 Å². The van der Waals surface area contributed by atoms with Crippen LogP contribution in [0.15, 0.2) is 30.3 Å². The summed E-state index contributed by atoms with van der Waals surface area (Å²) in [7, 11) is 1.42. The number of benzene rings is 1. The Labute approximate surface area is 123 Å². The molecule has 0 saturated heterocycles. The van der Waals surface area contributed by atoms with Gasteiger partial charge in [0.15, 0.2) is 0 Å². The number of carbonyl (C=O) groups is 1. The third-order valence-electron chi connectivity index (χ3n) is 3.32. The van der Waals surface area contributed by atoms with Crippen LogP contribution >= 0.6 is 11.3 Å². The normalized spacial score (nSPS) is 10.3. The van der Waals surface area contributed by atoms with E-state index in [9.17, 15) is 4.79 Å². The Kier molecular flexibility index (Phi) is 4.79. The molecule has 0 aliphatic rings. The third kappa shape index (κ3) is 3.61. The predicted molar refractivity (Wildman–Crippen MR) is 83.3 cm³/mol. The molecule has 0 atom stereocenters. The highest BCUT2D eigenvalue weighted by molar-refractivity contribution is 7.12. The Morgan fingerprint density at radius 1 is 1.20 bits per heavy atom. The van der Waals surface area contributed by atoms with Crippen molar-refractivity contribution < 1.29 is 9.53 Å². The number of hydrogen-bond acceptors (Lipinski definition) is 4. The molecule has 1 heterocycles. The van der Waals surface area contributed by atoms with Gasteiger partial charge in [0.1, 0.15) is 0 Å². The van der Waals surface area contributed by atoms with Gasteiger partial charge in [-0.2, -0.15) is 0 Å². The quantitative estimate of drug-likeness (QED) is 0.853. The zero-order valence-corrected chi connectivity index (χ0v) is 12.8. The summed E-state index contributed by atoms with van der Waals surface area (Å²) in [5.41, 5.74) is 3.72. The van der Waals surface area contributed by atoms with Crippen molar-refractivity contribution in [2.45, 2.75) is 26.8 Å². The second kappa shape index (κ2) is 6.57. The number of nitrogens with one attached hydrogen (secondary N) is 1. The van der Waals surface area contributed by atoms with Crippen molar-refractivity contribution in [3.63, 3.8) is 0 Å². The molecule has 0 bridgehead atoms. The first kappa shape index (κ1) is 14.6. The monoisotopic (exact) mass is 289 g/mol. The third-order valence-corrected chi connectivity index (χ3v) is 4.41. The molecular formula is C16H19NO2S. The van der Waals surface area contributed by atoms with Gasteiger partial charge in [0.2, 0.25) is 0 Å². The lowest BCUT2D eigenvalue weighted by Crippen LogP contribution is -2.02. The lowest BCUT2D eigenvalue weighted by Gasteiger charge is -2.10. The van der Waals surface area contributed by atoms with Gasteiger partial charge < -0.3 is 10.1 Å². The average Bonchev–Trinajstić information content (AvgIpc) is 2.88. The van der Waals surface area contributed by atoms with Crippen molar-refractivity contribution in [3.05, 3.63) is 51.2 Å². The summed E-state index contributed by atoms with van der Waals surface area (Å²) in [6, 6.07) is 10.3. The predicted octanol–water partition coefficient (Wildman–Crippen LogP) is 3.69. The zero-order valence-electron chi connectivity index (χ0n) is 12.0. The van der Waals surface area contributed by atoms with E-state index >= 15 is 0 Å². The Hall–Kier alpha value is -1.81. The summed E-state index contributed by atoms with van der Waals surface area (Å²) < 4.78 is 4.67. The van der Waals surface area contributed by atoms with Crippen molar-refractivity contribution in [1.82, 2.24) is 0 Å². The molecule has 106 valence electrons. The number of aryl methyl sites for hydroxylation is 1. The van der Waals surface area contributed by atoms with Gasteiger partial charge in [-0.25, -0.2) is 0 Å². The van der Waals surface area contributed by atoms with Crippen LogP contribution < -0.4 is 5.32 Å². The first-order valence-corrected chi connectivity index (χ1v) is 7.36. The molecule has 2 rings (SSSR count). The molecule has 0 unspecified atom stereocenters. The molecule has 0 aliphatic heterocycles. The fraction of sp³-hybridized carbons (Fsp3) is 0.312. The van der Waals surface area contributed by atoms with E-state index in [2.05, 4.69) is 48.2 Å². The van der Waals surface area contributed by atoms with Crippen LogP contribution in [0.4, 0.5) is 5.69 Å². The van der Waals surface area contributed by atoms with Crippen LogP contribution in [0.25, 0.3) is 0 Å². The second-order valence-corrected chi connectivity index (χ2v) is 5.97. The fourth-order valence-corrected chi connectivity index (χ4v) is 2.90. The van der Waals surface area contributed by atoms with Gasteiger partial charge in [-0.1, -0.05) is 12.1 Å². The van der Waals surface area contributed by atoms with Gasteiger partial charge in [-0.05, 0) is 43.2 Å². The zero-order chi connectivity index (χ0) is 14.5. The minimum Gasteiger partial charge on any atom is -0.469 e. The number of anilines is 1. The van der Waals surface area contributed by atoms with E-state index in [4.69, 9.17) is 0 Å². The van der Waals surface area contributed by atoms with Crippen LogP contribution in [0.2, 0.25) is 0 Å². The maximum atomic E-state index is 11.2. The molecule has 0 radical (unpaired) electrons. The molecule has 0 saturated carbocycles. The average molecular weight is 289 g/mol. The minimum atomic E-state index is -0.194. The van der Waals surface area contributed by atoms with Crippen LogP contribution in [0, 0.1) is 13.8 Å². The SMILES string of the molecule is COC(=O)Cc1ccc(CNc2cccc(C)c2C)s1. The maximum Gasteiger partial charge on any atom is 0.310 e. The molecule has 1 aromatic heterocycles. The number of hydrogen-bond donors (Lipinski definition) is 1. The van der Waals surface area contributed by atoms with Gasteiger partial charge in [-0.15, -0.1) is 11.3 Å². The van der Waals surface area contributed by atoms with Crippen LogP contribution in [0.3, 0.4) is 0 Å². The molecule has 1 N–H and O–H groups in total. The molecule has 0 amide bonds. The summed E-state index contributed by atoms with van der Waals surface area (Å²) in [5, 5.41) is 3.44. The number of carbonyl (C=O) groups excluding carboxylic acids is 1. The summed E-state index contributed by atoms with van der Waals surface area (Å²) in [6.45, 7) is 5.00. The molecule has 1 aromatic carbocycles. The van der Waals surface area contributed by atoms with Crippen molar-refractivity contribution in [2.24, 2.45) is 0 Å². The molecule has 2 aromatic rings. The van der Waals surface area contributed by atoms with E-state index in [-0.39, 0.29) is 5.97 Å². The largest absolute Gasteiger partial charge is 0.469 e. The summed E-state index contributed by atoms with van der Waals surface area (Å²) in [6.07, 6.45) is 0.352. The Morgan fingerprint density at radius 2 is 1.95 bits per heavy atom. The summed E-state index contributed by atoms with van der Waals surface area (Å²) in [4.78, 5) is 13.5. The van der Waals surface area contributed by atoms with Crippen LogP contribution in [0.1, 0.15) is 20.9 Å². The Bertz CT molecular complexity index is 604. The van der Waals surface area contributed by atoms with Gasteiger partial charge >= 0.3 is 5.97 Å². The molecular weight excluding hydrogens is 270 g/mol. The van der Waals surface area contributed by atoms with Crippen molar-refractivity contribution in [3.8, 4) is 0 Å². The number of thiophene rings is 1. The topological polar surface area (TPSA) is 38.3 Å². The smallest absolute Gasteiger partial charge is 0.310 e. The number of esters is 1. The van der Waals surface area contributed by atoms with E-state index < -0.39 is 0 Å². The highest BCUT2D eigenvalue weighted by atomic mass is 32.1. The molecule has 0 aliphatic carbocycles. The molecule has 4 heteroatoms. The molecule has 20 heavy (non-hydrogen) atoms. The first-order valence-electron chi connectivity index (χ1n) is 6.54. The van der Waals surface area contributed by atoms with Crippen LogP contribution in [0.5, 0.6) is 0 Å². The standard InChI is InChI=1S/C16H19NO2S/c1-11-5-4-6-15(12(11)2)17-10-14-8-7-13(20-14)9-16(18)19-3/h4-8,17H,9-10H2,1-3H3. The molecule has 0 fully saturated rings. The lowest BCUT2D eigenvalue weighted by atomic mass is 10.1. The van der Waals surface area contributed by atoms with Crippen molar-refractivity contribution in [1.29, 1.82) is 0 Å². The van der Waals surface area contributed by atoms with E-state index in [1.165, 1.54) is 23.1 Å².